The molecular formula is C10H18ClNO. The summed E-state index contributed by atoms with van der Waals surface area (Å²) in [5, 5.41) is 0. The summed E-state index contributed by atoms with van der Waals surface area (Å²) in [6.45, 7) is 6.46. The van der Waals surface area contributed by atoms with Gasteiger partial charge in [-0.3, -0.25) is 4.79 Å². The summed E-state index contributed by atoms with van der Waals surface area (Å²) in [7, 11) is 0. The van der Waals surface area contributed by atoms with Gasteiger partial charge in [-0.15, -0.1) is 11.6 Å². The van der Waals surface area contributed by atoms with E-state index in [0.717, 1.165) is 18.8 Å². The fourth-order valence-electron chi connectivity index (χ4n) is 2.48. The van der Waals surface area contributed by atoms with E-state index in [-0.39, 0.29) is 11.8 Å². The van der Waals surface area contributed by atoms with E-state index >= 15 is 0 Å². The van der Waals surface area contributed by atoms with E-state index in [9.17, 15) is 4.79 Å². The number of piperidine rings is 1. The highest BCUT2D eigenvalue weighted by molar-refractivity contribution is 6.27. The van der Waals surface area contributed by atoms with Gasteiger partial charge >= 0.3 is 0 Å². The SMILES string of the molecule is CC1CC(C)N(C(=O)CCl)C(C)C1. The fraction of sp³-hybridized carbons (Fsp3) is 0.900. The zero-order valence-electron chi connectivity index (χ0n) is 8.59. The average molecular weight is 204 g/mol. The van der Waals surface area contributed by atoms with Crippen molar-refractivity contribution in [2.45, 2.75) is 45.7 Å². The van der Waals surface area contributed by atoms with Crippen molar-refractivity contribution in [3.05, 3.63) is 0 Å². The van der Waals surface area contributed by atoms with Crippen LogP contribution in [0.1, 0.15) is 33.6 Å². The van der Waals surface area contributed by atoms with Crippen LogP contribution >= 0.6 is 11.6 Å². The molecule has 0 N–H and O–H groups in total. The van der Waals surface area contributed by atoms with E-state index in [2.05, 4.69) is 20.8 Å². The summed E-state index contributed by atoms with van der Waals surface area (Å²) in [6, 6.07) is 0.704. The summed E-state index contributed by atoms with van der Waals surface area (Å²) in [4.78, 5) is 13.4. The standard InChI is InChI=1S/C10H18ClNO/c1-7-4-8(2)12(9(3)5-7)10(13)6-11/h7-9H,4-6H2,1-3H3. The molecule has 2 nitrogen and oxygen atoms in total. The van der Waals surface area contributed by atoms with Gasteiger partial charge in [0.05, 0.1) is 0 Å². The molecule has 13 heavy (non-hydrogen) atoms. The Kier molecular flexibility index (Phi) is 3.60. The summed E-state index contributed by atoms with van der Waals surface area (Å²) in [5.74, 6) is 0.918. The first-order valence-electron chi connectivity index (χ1n) is 4.93. The number of halogens is 1. The van der Waals surface area contributed by atoms with Gasteiger partial charge in [-0.1, -0.05) is 6.92 Å². The van der Waals surface area contributed by atoms with Crippen LogP contribution in [0.15, 0.2) is 0 Å². The Morgan fingerprint density at radius 2 is 1.77 bits per heavy atom. The largest absolute Gasteiger partial charge is 0.336 e. The molecule has 0 aromatic rings. The first-order chi connectivity index (χ1) is 6.06. The highest BCUT2D eigenvalue weighted by Crippen LogP contribution is 2.27. The van der Waals surface area contributed by atoms with Gasteiger partial charge in [0.25, 0.3) is 0 Å². The van der Waals surface area contributed by atoms with E-state index < -0.39 is 0 Å². The number of alkyl halides is 1. The molecule has 0 saturated carbocycles. The maximum Gasteiger partial charge on any atom is 0.237 e. The zero-order valence-corrected chi connectivity index (χ0v) is 9.34. The highest BCUT2D eigenvalue weighted by Gasteiger charge is 2.31. The molecule has 1 rings (SSSR count). The lowest BCUT2D eigenvalue weighted by Gasteiger charge is -2.41. The Morgan fingerprint density at radius 3 is 2.15 bits per heavy atom. The van der Waals surface area contributed by atoms with Crippen LogP contribution < -0.4 is 0 Å². The Hall–Kier alpha value is -0.240. The van der Waals surface area contributed by atoms with Crippen molar-refractivity contribution >= 4 is 17.5 Å². The summed E-state index contributed by atoms with van der Waals surface area (Å²) in [6.07, 6.45) is 2.21. The minimum absolute atomic E-state index is 0.0774. The highest BCUT2D eigenvalue weighted by atomic mass is 35.5. The minimum Gasteiger partial charge on any atom is -0.336 e. The first-order valence-corrected chi connectivity index (χ1v) is 5.46. The molecule has 0 aromatic carbocycles. The number of carbonyl (C=O) groups is 1. The van der Waals surface area contributed by atoms with Crippen molar-refractivity contribution in [3.63, 3.8) is 0 Å². The van der Waals surface area contributed by atoms with Crippen molar-refractivity contribution in [3.8, 4) is 0 Å². The van der Waals surface area contributed by atoms with Gasteiger partial charge in [0, 0.05) is 12.1 Å². The van der Waals surface area contributed by atoms with Crippen LogP contribution in [-0.4, -0.2) is 28.8 Å². The predicted octanol–water partition coefficient (Wildman–Crippen LogP) is 2.26. The van der Waals surface area contributed by atoms with E-state index in [1.165, 1.54) is 0 Å². The lowest BCUT2D eigenvalue weighted by molar-refractivity contribution is -0.135. The van der Waals surface area contributed by atoms with Gasteiger partial charge < -0.3 is 4.90 Å². The lowest BCUT2D eigenvalue weighted by Crippen LogP contribution is -2.50. The predicted molar refractivity (Wildman–Crippen MR) is 54.9 cm³/mol. The van der Waals surface area contributed by atoms with E-state index in [1.807, 2.05) is 4.90 Å². The molecule has 1 amide bonds. The van der Waals surface area contributed by atoms with Crippen LogP contribution in [0.25, 0.3) is 0 Å². The average Bonchev–Trinajstić information content (AvgIpc) is 2.02. The van der Waals surface area contributed by atoms with Crippen LogP contribution in [0.2, 0.25) is 0 Å². The monoisotopic (exact) mass is 203 g/mol. The van der Waals surface area contributed by atoms with E-state index in [1.54, 1.807) is 0 Å². The Labute approximate surface area is 85.2 Å². The zero-order chi connectivity index (χ0) is 10.0. The molecule has 0 aliphatic carbocycles. The van der Waals surface area contributed by atoms with Crippen LogP contribution in [-0.2, 0) is 4.79 Å². The molecule has 76 valence electrons. The molecule has 2 atom stereocenters. The van der Waals surface area contributed by atoms with Crippen molar-refractivity contribution in [2.75, 3.05) is 5.88 Å². The smallest absolute Gasteiger partial charge is 0.237 e. The molecule has 1 saturated heterocycles. The molecule has 1 aliphatic heterocycles. The molecule has 1 fully saturated rings. The third-order valence-corrected chi connectivity index (χ3v) is 3.07. The van der Waals surface area contributed by atoms with E-state index in [0.29, 0.717) is 12.1 Å². The van der Waals surface area contributed by atoms with Crippen molar-refractivity contribution in [1.82, 2.24) is 4.90 Å². The van der Waals surface area contributed by atoms with Gasteiger partial charge in [-0.05, 0) is 32.6 Å². The summed E-state index contributed by atoms with van der Waals surface area (Å²) in [5.41, 5.74) is 0. The Bertz CT molecular complexity index is 183. The Balaban J connectivity index is 2.66. The number of rotatable bonds is 1. The van der Waals surface area contributed by atoms with Crippen molar-refractivity contribution in [2.24, 2.45) is 5.92 Å². The van der Waals surface area contributed by atoms with Gasteiger partial charge in [0.1, 0.15) is 5.88 Å². The van der Waals surface area contributed by atoms with Gasteiger partial charge in [-0.25, -0.2) is 0 Å². The van der Waals surface area contributed by atoms with E-state index in [4.69, 9.17) is 11.6 Å². The molecule has 0 radical (unpaired) electrons. The second kappa shape index (κ2) is 4.32. The summed E-state index contributed by atoms with van der Waals surface area (Å²) >= 11 is 5.56. The second-order valence-corrected chi connectivity index (χ2v) is 4.48. The molecule has 3 heteroatoms. The third kappa shape index (κ3) is 2.37. The van der Waals surface area contributed by atoms with Crippen molar-refractivity contribution < 1.29 is 4.79 Å². The topological polar surface area (TPSA) is 20.3 Å². The van der Waals surface area contributed by atoms with Gasteiger partial charge in [0.2, 0.25) is 5.91 Å². The summed E-state index contributed by atoms with van der Waals surface area (Å²) < 4.78 is 0. The first kappa shape index (κ1) is 10.8. The molecule has 0 bridgehead atoms. The number of nitrogens with zero attached hydrogens (tertiary/aromatic N) is 1. The maximum absolute atomic E-state index is 11.5. The molecule has 0 spiro atoms. The van der Waals surface area contributed by atoms with Gasteiger partial charge in [0.15, 0.2) is 0 Å². The number of hydrogen-bond acceptors (Lipinski definition) is 1. The molecule has 1 heterocycles. The number of likely N-dealkylation sites (tertiary alicyclic amines) is 1. The van der Waals surface area contributed by atoms with Gasteiger partial charge in [-0.2, -0.15) is 0 Å². The lowest BCUT2D eigenvalue weighted by atomic mass is 9.88. The molecular weight excluding hydrogens is 186 g/mol. The van der Waals surface area contributed by atoms with Crippen LogP contribution in [0.4, 0.5) is 0 Å². The number of amides is 1. The molecule has 0 aromatic heterocycles. The van der Waals surface area contributed by atoms with Crippen LogP contribution in [0, 0.1) is 5.92 Å². The quantitative estimate of drug-likeness (QED) is 0.599. The molecule has 2 unspecified atom stereocenters. The fourth-order valence-corrected chi connectivity index (χ4v) is 2.62. The minimum atomic E-state index is 0.0774. The Morgan fingerprint density at radius 1 is 1.31 bits per heavy atom. The molecule has 1 aliphatic rings. The third-order valence-electron chi connectivity index (χ3n) is 2.84. The normalized spacial score (nSPS) is 34.8. The second-order valence-electron chi connectivity index (χ2n) is 4.21. The number of carbonyl (C=O) groups excluding carboxylic acids is 1. The van der Waals surface area contributed by atoms with Crippen molar-refractivity contribution in [1.29, 1.82) is 0 Å². The number of hydrogen-bond donors (Lipinski definition) is 0. The maximum atomic E-state index is 11.5. The van der Waals surface area contributed by atoms with Crippen LogP contribution in [0.3, 0.4) is 0 Å². The van der Waals surface area contributed by atoms with Crippen LogP contribution in [0.5, 0.6) is 0 Å².